The number of hydrogen-bond donors (Lipinski definition) is 2. The van der Waals surface area contributed by atoms with Crippen LogP contribution in [0, 0.1) is 6.92 Å². The van der Waals surface area contributed by atoms with Crippen LogP contribution in [0.3, 0.4) is 0 Å². The highest BCUT2D eigenvalue weighted by Gasteiger charge is 2.41. The molecule has 4 aromatic carbocycles. The Kier molecular flexibility index (Phi) is 10.6. The van der Waals surface area contributed by atoms with Gasteiger partial charge < -0.3 is 20.3 Å². The molecule has 256 valence electrons. The van der Waals surface area contributed by atoms with Crippen molar-refractivity contribution in [3.8, 4) is 22.6 Å². The van der Waals surface area contributed by atoms with E-state index in [9.17, 15) is 18.0 Å². The molecule has 2 aliphatic rings. The van der Waals surface area contributed by atoms with Gasteiger partial charge in [-0.15, -0.1) is 0 Å². The van der Waals surface area contributed by atoms with Crippen LogP contribution in [-0.4, -0.2) is 85.8 Å². The number of piperazine rings is 1. The topological polar surface area (TPSA) is 111 Å². The maximum Gasteiger partial charge on any atom is 0.321 e. The van der Waals surface area contributed by atoms with Gasteiger partial charge in [-0.3, -0.25) is 9.69 Å². The van der Waals surface area contributed by atoms with Crippen molar-refractivity contribution in [2.24, 2.45) is 0 Å². The molecule has 0 aromatic heterocycles. The van der Waals surface area contributed by atoms with E-state index in [4.69, 9.17) is 4.74 Å². The zero-order chi connectivity index (χ0) is 34.4. The SMILES string of the molecule is CCN1CCCC1CNC(=O)C1CN(C(=O)Nc2ccc(Oc3ccccc3)cc2)CCN1S(=O)(=O)c1ccc(-c2ccccc2C)cc1. The summed E-state index contributed by atoms with van der Waals surface area (Å²) in [4.78, 5) is 31.2. The third-order valence-corrected chi connectivity index (χ3v) is 11.3. The first kappa shape index (κ1) is 34.2. The zero-order valence-corrected chi connectivity index (χ0v) is 28.7. The van der Waals surface area contributed by atoms with E-state index in [0.29, 0.717) is 23.7 Å². The van der Waals surface area contributed by atoms with Gasteiger partial charge in [-0.2, -0.15) is 4.31 Å². The highest BCUT2D eigenvalue weighted by Crippen LogP contribution is 2.28. The van der Waals surface area contributed by atoms with Crippen LogP contribution >= 0.6 is 0 Å². The number of rotatable bonds is 10. The van der Waals surface area contributed by atoms with E-state index in [2.05, 4.69) is 22.5 Å². The number of likely N-dealkylation sites (tertiary alicyclic amines) is 1. The van der Waals surface area contributed by atoms with E-state index >= 15 is 0 Å². The second-order valence-electron chi connectivity index (χ2n) is 12.5. The Morgan fingerprint density at radius 2 is 1.53 bits per heavy atom. The van der Waals surface area contributed by atoms with Crippen LogP contribution in [-0.2, 0) is 14.8 Å². The minimum atomic E-state index is -4.07. The summed E-state index contributed by atoms with van der Waals surface area (Å²) in [7, 11) is -4.07. The van der Waals surface area contributed by atoms with Gasteiger partial charge in [-0.05, 0) is 98.1 Å². The summed E-state index contributed by atoms with van der Waals surface area (Å²) in [5.41, 5.74) is 3.57. The van der Waals surface area contributed by atoms with Crippen LogP contribution in [0.15, 0.2) is 108 Å². The molecule has 10 nitrogen and oxygen atoms in total. The lowest BCUT2D eigenvalue weighted by molar-refractivity contribution is -0.126. The van der Waals surface area contributed by atoms with Gasteiger partial charge in [0.1, 0.15) is 17.5 Å². The van der Waals surface area contributed by atoms with Gasteiger partial charge in [-0.1, -0.05) is 61.5 Å². The highest BCUT2D eigenvalue weighted by molar-refractivity contribution is 7.89. The van der Waals surface area contributed by atoms with Gasteiger partial charge in [0.15, 0.2) is 0 Å². The predicted octanol–water partition coefficient (Wildman–Crippen LogP) is 5.96. The fourth-order valence-electron chi connectivity index (χ4n) is 6.60. The number of ether oxygens (including phenoxy) is 1. The predicted molar refractivity (Wildman–Crippen MR) is 191 cm³/mol. The summed E-state index contributed by atoms with van der Waals surface area (Å²) >= 11 is 0. The second-order valence-corrected chi connectivity index (χ2v) is 14.3. The van der Waals surface area contributed by atoms with Crippen LogP contribution in [0.2, 0.25) is 0 Å². The van der Waals surface area contributed by atoms with Gasteiger partial charge in [-0.25, -0.2) is 13.2 Å². The molecule has 2 fully saturated rings. The number of hydrogen-bond acceptors (Lipinski definition) is 6. The van der Waals surface area contributed by atoms with Crippen LogP contribution in [0.4, 0.5) is 10.5 Å². The third-order valence-electron chi connectivity index (χ3n) is 9.34. The van der Waals surface area contributed by atoms with E-state index in [-0.39, 0.29) is 30.6 Å². The van der Waals surface area contributed by atoms with E-state index in [1.54, 1.807) is 48.5 Å². The summed E-state index contributed by atoms with van der Waals surface area (Å²) in [6, 6.07) is 29.8. The first-order valence-electron chi connectivity index (χ1n) is 16.8. The normalized spacial score (nSPS) is 18.6. The number of carbonyl (C=O) groups is 2. The number of nitrogens with one attached hydrogen (secondary N) is 2. The number of benzene rings is 4. The molecule has 6 rings (SSSR count). The van der Waals surface area contributed by atoms with Gasteiger partial charge in [0.05, 0.1) is 4.90 Å². The van der Waals surface area contributed by atoms with E-state index in [0.717, 1.165) is 42.6 Å². The molecule has 2 saturated heterocycles. The number of para-hydroxylation sites is 1. The molecular formula is C38H43N5O5S. The van der Waals surface area contributed by atoms with Crippen molar-refractivity contribution in [2.75, 3.05) is 44.6 Å². The van der Waals surface area contributed by atoms with Crippen molar-refractivity contribution in [2.45, 2.75) is 43.7 Å². The minimum Gasteiger partial charge on any atom is -0.457 e. The van der Waals surface area contributed by atoms with E-state index in [1.165, 1.54) is 9.21 Å². The number of carbonyl (C=O) groups excluding carboxylic acids is 2. The first-order chi connectivity index (χ1) is 23.7. The molecule has 4 aromatic rings. The van der Waals surface area contributed by atoms with Crippen LogP contribution in [0.25, 0.3) is 11.1 Å². The van der Waals surface area contributed by atoms with Crippen molar-refractivity contribution >= 4 is 27.6 Å². The van der Waals surface area contributed by atoms with Crippen molar-refractivity contribution in [3.63, 3.8) is 0 Å². The molecule has 2 heterocycles. The highest BCUT2D eigenvalue weighted by atomic mass is 32.2. The largest absolute Gasteiger partial charge is 0.457 e. The Balaban J connectivity index is 1.18. The Hall–Kier alpha value is -4.71. The molecule has 2 atom stereocenters. The van der Waals surface area contributed by atoms with Crippen LogP contribution in [0.1, 0.15) is 25.3 Å². The monoisotopic (exact) mass is 681 g/mol. The molecule has 0 bridgehead atoms. The number of aryl methyl sites for hydroxylation is 1. The average Bonchev–Trinajstić information content (AvgIpc) is 3.59. The van der Waals surface area contributed by atoms with Crippen molar-refractivity contribution < 1.29 is 22.7 Å². The molecular weight excluding hydrogens is 639 g/mol. The molecule has 0 radical (unpaired) electrons. The quantitative estimate of drug-likeness (QED) is 0.214. The summed E-state index contributed by atoms with van der Waals surface area (Å²) < 4.78 is 35.3. The summed E-state index contributed by atoms with van der Waals surface area (Å²) in [6.45, 7) is 6.41. The molecule has 3 amide bonds. The van der Waals surface area contributed by atoms with Crippen LogP contribution in [0.5, 0.6) is 11.5 Å². The molecule has 2 unspecified atom stereocenters. The van der Waals surface area contributed by atoms with E-state index in [1.807, 2.05) is 61.5 Å². The lowest BCUT2D eigenvalue weighted by atomic mass is 10.0. The Morgan fingerprint density at radius 3 is 2.24 bits per heavy atom. The van der Waals surface area contributed by atoms with Crippen LogP contribution < -0.4 is 15.4 Å². The van der Waals surface area contributed by atoms with Crippen molar-refractivity contribution in [3.05, 3.63) is 109 Å². The number of nitrogens with zero attached hydrogens (tertiary/aromatic N) is 3. The standard InChI is InChI=1S/C38H43N5O5S/c1-3-41-23-9-11-31(41)26-39-37(44)36-27-42(38(45)40-30-17-19-33(20-18-30)48-32-12-5-4-6-13-32)24-25-43(36)49(46,47)34-21-15-29(16-22-34)35-14-8-7-10-28(35)2/h4-8,10,12-22,31,36H,3,9,11,23-27H2,1-2H3,(H,39,44)(H,40,45). The lowest BCUT2D eigenvalue weighted by Crippen LogP contribution is -2.62. The minimum absolute atomic E-state index is 0.0260. The maximum atomic E-state index is 14.1. The fourth-order valence-corrected chi connectivity index (χ4v) is 8.17. The summed E-state index contributed by atoms with van der Waals surface area (Å²) in [5, 5.41) is 5.91. The molecule has 0 spiro atoms. The number of anilines is 1. The second kappa shape index (κ2) is 15.2. The Morgan fingerprint density at radius 1 is 0.837 bits per heavy atom. The number of amides is 3. The zero-order valence-electron chi connectivity index (χ0n) is 27.9. The fraction of sp³-hybridized carbons (Fsp3) is 0.316. The first-order valence-corrected chi connectivity index (χ1v) is 18.3. The average molecular weight is 682 g/mol. The van der Waals surface area contributed by atoms with Crippen molar-refractivity contribution in [1.82, 2.24) is 19.4 Å². The van der Waals surface area contributed by atoms with Gasteiger partial charge in [0, 0.05) is 37.9 Å². The van der Waals surface area contributed by atoms with Gasteiger partial charge in [0.25, 0.3) is 0 Å². The van der Waals surface area contributed by atoms with Crippen molar-refractivity contribution in [1.29, 1.82) is 0 Å². The number of likely N-dealkylation sites (N-methyl/N-ethyl adjacent to an activating group) is 1. The van der Waals surface area contributed by atoms with E-state index < -0.39 is 28.0 Å². The van der Waals surface area contributed by atoms with Gasteiger partial charge in [0.2, 0.25) is 15.9 Å². The molecule has 0 aliphatic carbocycles. The third kappa shape index (κ3) is 7.96. The lowest BCUT2D eigenvalue weighted by Gasteiger charge is -2.39. The smallest absolute Gasteiger partial charge is 0.321 e. The molecule has 49 heavy (non-hydrogen) atoms. The van der Waals surface area contributed by atoms with Gasteiger partial charge >= 0.3 is 6.03 Å². The molecule has 11 heteroatoms. The summed E-state index contributed by atoms with van der Waals surface area (Å²) in [5.74, 6) is 0.910. The Bertz CT molecular complexity index is 1850. The molecule has 0 saturated carbocycles. The molecule has 2 N–H and O–H groups in total. The number of urea groups is 1. The molecule has 2 aliphatic heterocycles. The number of sulfonamides is 1. The maximum absolute atomic E-state index is 14.1. The Labute approximate surface area is 288 Å². The summed E-state index contributed by atoms with van der Waals surface area (Å²) in [6.07, 6.45) is 2.03.